The molecule has 0 heterocycles. The molecule has 1 atom stereocenters. The lowest BCUT2D eigenvalue weighted by molar-refractivity contribution is 0.799. The van der Waals surface area contributed by atoms with Crippen LogP contribution in [-0.4, -0.2) is 14.5 Å². The lowest BCUT2D eigenvalue weighted by Crippen LogP contribution is -2.21. The van der Waals surface area contributed by atoms with Crippen LogP contribution < -0.4 is 0 Å². The summed E-state index contributed by atoms with van der Waals surface area (Å²) in [6.45, 7) is 1.59. The fourth-order valence-electron chi connectivity index (χ4n) is 0.202. The largest absolute Gasteiger partial charge is 0.225 e. The summed E-state index contributed by atoms with van der Waals surface area (Å²) in [7, 11) is 0. The summed E-state index contributed by atoms with van der Waals surface area (Å²) in [6, 6.07) is 0. The molecule has 0 bridgehead atoms. The van der Waals surface area contributed by atoms with E-state index in [-0.39, 0.29) is 4.63 Å². The molecule has 6 heteroatoms. The fourth-order valence-corrected chi connectivity index (χ4v) is 0.859. The van der Waals surface area contributed by atoms with Crippen LogP contribution in [0.2, 0.25) is 0 Å². The molecular weight excluding hydrogens is 239 g/mol. The first-order valence-electron chi connectivity index (χ1n) is 2.29. The molecule has 0 saturated heterocycles. The van der Waals surface area contributed by atoms with Gasteiger partial charge in [-0.25, -0.2) is 4.99 Å². The van der Waals surface area contributed by atoms with Gasteiger partial charge < -0.3 is 0 Å². The Morgan fingerprint density at radius 3 is 1.90 bits per heavy atom. The van der Waals surface area contributed by atoms with Crippen LogP contribution in [0.3, 0.4) is 0 Å². The first kappa shape index (κ1) is 11.1. The topological polar surface area (TPSA) is 12.4 Å². The summed E-state index contributed by atoms with van der Waals surface area (Å²) in [5.74, 6) is 0. The third-order valence-corrected chi connectivity index (χ3v) is 2.24. The highest BCUT2D eigenvalue weighted by Gasteiger charge is 2.29. The molecule has 0 fully saturated rings. The normalized spacial score (nSPS) is 14.6. The molecule has 0 aromatic carbocycles. The lowest BCUT2D eigenvalue weighted by Gasteiger charge is -2.15. The zero-order valence-corrected chi connectivity index (χ0v) is 8.69. The molecule has 0 spiro atoms. The van der Waals surface area contributed by atoms with Gasteiger partial charge in [0.1, 0.15) is 0 Å². The smallest absolute Gasteiger partial charge is 0.222 e. The SMILES string of the molecule is CC(Cl)C(Cl)(Cl)N=C(Cl)Cl. The van der Waals surface area contributed by atoms with Crippen molar-refractivity contribution in [2.24, 2.45) is 4.99 Å². The van der Waals surface area contributed by atoms with Crippen LogP contribution in [0.5, 0.6) is 0 Å². The van der Waals surface area contributed by atoms with E-state index in [1.54, 1.807) is 6.92 Å². The van der Waals surface area contributed by atoms with E-state index in [0.717, 1.165) is 0 Å². The molecule has 0 saturated carbocycles. The standard InChI is InChI=1S/C4H4Cl5N/c1-2(5)4(8,9)10-3(6)7/h2H,1H3. The van der Waals surface area contributed by atoms with Crippen LogP contribution in [0.25, 0.3) is 0 Å². The second-order valence-corrected chi connectivity index (χ2v) is 4.47. The van der Waals surface area contributed by atoms with Crippen molar-refractivity contribution >= 4 is 62.6 Å². The van der Waals surface area contributed by atoms with Crippen molar-refractivity contribution in [1.29, 1.82) is 0 Å². The summed E-state index contributed by atoms with van der Waals surface area (Å²) in [5.41, 5.74) is 0. The van der Waals surface area contributed by atoms with Gasteiger partial charge in [-0.05, 0) is 30.1 Å². The van der Waals surface area contributed by atoms with Gasteiger partial charge in [0, 0.05) is 0 Å². The molecule has 0 amide bonds. The number of hydrogen-bond donors (Lipinski definition) is 0. The molecule has 60 valence electrons. The van der Waals surface area contributed by atoms with Crippen molar-refractivity contribution in [3.8, 4) is 0 Å². The number of rotatable bonds is 2. The van der Waals surface area contributed by atoms with Crippen molar-refractivity contribution in [2.75, 3.05) is 0 Å². The van der Waals surface area contributed by atoms with Crippen LogP contribution in [0, 0.1) is 0 Å². The average molecular weight is 243 g/mol. The zero-order valence-electron chi connectivity index (χ0n) is 4.91. The van der Waals surface area contributed by atoms with Crippen LogP contribution in [0.1, 0.15) is 6.92 Å². The van der Waals surface area contributed by atoms with Gasteiger partial charge in [0.2, 0.25) is 4.46 Å². The first-order chi connectivity index (χ1) is 4.36. The number of aliphatic imine (C=N–C) groups is 1. The van der Waals surface area contributed by atoms with Crippen LogP contribution >= 0.6 is 58.0 Å². The van der Waals surface area contributed by atoms with Gasteiger partial charge in [-0.15, -0.1) is 11.6 Å². The number of halogens is 5. The second-order valence-electron chi connectivity index (χ2n) is 1.56. The van der Waals surface area contributed by atoms with Crippen LogP contribution in [0.15, 0.2) is 4.99 Å². The van der Waals surface area contributed by atoms with Gasteiger partial charge in [0.15, 0.2) is 4.63 Å². The highest BCUT2D eigenvalue weighted by Crippen LogP contribution is 2.31. The minimum absolute atomic E-state index is 0.238. The molecule has 0 aromatic rings. The highest BCUT2D eigenvalue weighted by molar-refractivity contribution is 6.95. The van der Waals surface area contributed by atoms with Crippen molar-refractivity contribution in [1.82, 2.24) is 0 Å². The Hall–Kier alpha value is 1.12. The van der Waals surface area contributed by atoms with Gasteiger partial charge in [0.25, 0.3) is 0 Å². The third-order valence-electron chi connectivity index (χ3n) is 0.712. The van der Waals surface area contributed by atoms with Crippen molar-refractivity contribution in [2.45, 2.75) is 16.8 Å². The Morgan fingerprint density at radius 1 is 1.40 bits per heavy atom. The van der Waals surface area contributed by atoms with E-state index in [0.29, 0.717) is 0 Å². The van der Waals surface area contributed by atoms with E-state index in [9.17, 15) is 0 Å². The molecule has 0 N–H and O–H groups in total. The number of nitrogens with zero attached hydrogens (tertiary/aromatic N) is 1. The molecular formula is C4H4Cl5N. The van der Waals surface area contributed by atoms with E-state index in [1.165, 1.54) is 0 Å². The molecule has 0 aliphatic rings. The Balaban J connectivity index is 4.27. The van der Waals surface area contributed by atoms with E-state index >= 15 is 0 Å². The van der Waals surface area contributed by atoms with Crippen molar-refractivity contribution in [3.63, 3.8) is 0 Å². The molecule has 0 aliphatic heterocycles. The molecule has 1 nitrogen and oxygen atoms in total. The van der Waals surface area contributed by atoms with Gasteiger partial charge in [-0.2, -0.15) is 0 Å². The summed E-state index contributed by atoms with van der Waals surface area (Å²) < 4.78 is -1.68. The van der Waals surface area contributed by atoms with Crippen LogP contribution in [0.4, 0.5) is 0 Å². The molecule has 0 radical (unpaired) electrons. The summed E-state index contributed by atoms with van der Waals surface area (Å²) in [5, 5.41) is -0.552. The minimum atomic E-state index is -1.44. The Labute approximate surface area is 84.2 Å². The molecule has 0 aromatic heterocycles. The average Bonchev–Trinajstić information content (AvgIpc) is 1.60. The van der Waals surface area contributed by atoms with Gasteiger partial charge >= 0.3 is 0 Å². The van der Waals surface area contributed by atoms with Crippen LogP contribution in [-0.2, 0) is 0 Å². The third kappa shape index (κ3) is 4.09. The monoisotopic (exact) mass is 241 g/mol. The Kier molecular flexibility index (Phi) is 4.69. The maximum Gasteiger partial charge on any atom is 0.225 e. The van der Waals surface area contributed by atoms with Crippen molar-refractivity contribution < 1.29 is 0 Å². The Morgan fingerprint density at radius 2 is 1.80 bits per heavy atom. The van der Waals surface area contributed by atoms with E-state index in [2.05, 4.69) is 4.99 Å². The van der Waals surface area contributed by atoms with E-state index < -0.39 is 9.83 Å². The Bertz CT molecular complexity index is 137. The number of alkyl halides is 3. The van der Waals surface area contributed by atoms with Gasteiger partial charge in [0.05, 0.1) is 5.38 Å². The predicted octanol–water partition coefficient (Wildman–Crippen LogP) is 3.58. The minimum Gasteiger partial charge on any atom is -0.222 e. The predicted molar refractivity (Wildman–Crippen MR) is 48.9 cm³/mol. The van der Waals surface area contributed by atoms with Gasteiger partial charge in [-0.3, -0.25) is 0 Å². The molecule has 1 unspecified atom stereocenters. The van der Waals surface area contributed by atoms with Crippen molar-refractivity contribution in [3.05, 3.63) is 0 Å². The maximum absolute atomic E-state index is 5.54. The maximum atomic E-state index is 5.54. The van der Waals surface area contributed by atoms with Gasteiger partial charge in [-0.1, -0.05) is 23.2 Å². The summed E-state index contributed by atoms with van der Waals surface area (Å²) in [4.78, 5) is 3.46. The summed E-state index contributed by atoms with van der Waals surface area (Å²) in [6.07, 6.45) is 0. The van der Waals surface area contributed by atoms with E-state index in [1.807, 2.05) is 0 Å². The lowest BCUT2D eigenvalue weighted by atomic mass is 10.5. The number of hydrogen-bond acceptors (Lipinski definition) is 1. The zero-order chi connectivity index (χ0) is 8.36. The van der Waals surface area contributed by atoms with E-state index in [4.69, 9.17) is 58.0 Å². The molecule has 0 rings (SSSR count). The molecule has 0 aliphatic carbocycles. The second kappa shape index (κ2) is 4.22. The summed E-state index contributed by atoms with van der Waals surface area (Å²) >= 11 is 27.0. The molecule has 10 heavy (non-hydrogen) atoms. The first-order valence-corrected chi connectivity index (χ1v) is 4.24. The fraction of sp³-hybridized carbons (Fsp3) is 0.750. The highest BCUT2D eigenvalue weighted by atomic mass is 35.5. The quantitative estimate of drug-likeness (QED) is 0.399.